The third-order valence-electron chi connectivity index (χ3n) is 3.62. The molecule has 2 aromatic rings. The number of ether oxygens (including phenoxy) is 2. The van der Waals surface area contributed by atoms with Gasteiger partial charge >= 0.3 is 11.9 Å². The lowest BCUT2D eigenvalue weighted by atomic mass is 10.1. The predicted molar refractivity (Wildman–Crippen MR) is 94.8 cm³/mol. The van der Waals surface area contributed by atoms with E-state index in [1.807, 2.05) is 0 Å². The summed E-state index contributed by atoms with van der Waals surface area (Å²) in [5.41, 5.74) is 2.17. The first-order valence-corrected chi connectivity index (χ1v) is 8.09. The smallest absolute Gasteiger partial charge is 0.340 e. The number of carbonyl (C=O) groups excluding carboxylic acids is 3. The molecule has 0 amide bonds. The Balaban J connectivity index is 2.00. The number of nitrogens with zero attached hydrogens (tertiary/aromatic N) is 1. The third kappa shape index (κ3) is 4.66. The zero-order valence-electron chi connectivity index (χ0n) is 14.9. The zero-order chi connectivity index (χ0) is 19.1. The van der Waals surface area contributed by atoms with Crippen LogP contribution in [-0.2, 0) is 14.3 Å². The normalized spacial score (nSPS) is 10.7. The van der Waals surface area contributed by atoms with Crippen molar-refractivity contribution in [1.82, 2.24) is 9.97 Å². The fourth-order valence-electron chi connectivity index (χ4n) is 2.42. The number of nitrogens with one attached hydrogen (secondary N) is 1. The van der Waals surface area contributed by atoms with E-state index in [2.05, 4.69) is 9.97 Å². The lowest BCUT2D eigenvalue weighted by molar-refractivity contribution is -0.136. The number of hydrogen-bond donors (Lipinski definition) is 1. The number of ketones is 1. The molecule has 0 fully saturated rings. The maximum Gasteiger partial charge on any atom is 0.340 e. The number of aromatic amines is 1. The Morgan fingerprint density at radius 3 is 2.62 bits per heavy atom. The van der Waals surface area contributed by atoms with Crippen LogP contribution in [0.25, 0.3) is 6.08 Å². The molecule has 2 rings (SSSR count). The largest absolute Gasteiger partial charge is 0.462 e. The summed E-state index contributed by atoms with van der Waals surface area (Å²) in [6.45, 7) is 4.84. The summed E-state index contributed by atoms with van der Waals surface area (Å²) in [6, 6.07) is 5.29. The van der Waals surface area contributed by atoms with Gasteiger partial charge in [-0.3, -0.25) is 9.78 Å². The van der Waals surface area contributed by atoms with Crippen molar-refractivity contribution < 1.29 is 23.9 Å². The van der Waals surface area contributed by atoms with E-state index in [4.69, 9.17) is 9.47 Å². The molecule has 0 aromatic carbocycles. The van der Waals surface area contributed by atoms with E-state index in [1.165, 1.54) is 12.2 Å². The summed E-state index contributed by atoms with van der Waals surface area (Å²) in [4.78, 5) is 42.9. The van der Waals surface area contributed by atoms with Crippen LogP contribution >= 0.6 is 0 Å². The molecule has 136 valence electrons. The number of esters is 2. The van der Waals surface area contributed by atoms with Gasteiger partial charge in [0.05, 0.1) is 23.6 Å². The molecule has 0 aliphatic rings. The molecule has 2 heterocycles. The quantitative estimate of drug-likeness (QED) is 0.465. The Labute approximate surface area is 151 Å². The number of carbonyl (C=O) groups is 3. The molecule has 0 aliphatic carbocycles. The monoisotopic (exact) mass is 356 g/mol. The lowest BCUT2D eigenvalue weighted by Crippen LogP contribution is -2.14. The molecule has 2 aromatic heterocycles. The van der Waals surface area contributed by atoms with Gasteiger partial charge in [0, 0.05) is 18.0 Å². The zero-order valence-corrected chi connectivity index (χ0v) is 14.9. The number of H-pyrrole nitrogens is 1. The average molecular weight is 356 g/mol. The van der Waals surface area contributed by atoms with Crippen LogP contribution in [0.5, 0.6) is 0 Å². The fraction of sp³-hybridized carbons (Fsp3) is 0.263. The molecule has 7 nitrogen and oxygen atoms in total. The highest BCUT2D eigenvalue weighted by molar-refractivity contribution is 6.03. The van der Waals surface area contributed by atoms with E-state index >= 15 is 0 Å². The molecule has 7 heteroatoms. The Kier molecular flexibility index (Phi) is 6.43. The van der Waals surface area contributed by atoms with E-state index in [9.17, 15) is 14.4 Å². The predicted octanol–water partition coefficient (Wildman–Crippen LogP) is 2.64. The van der Waals surface area contributed by atoms with Gasteiger partial charge in [-0.1, -0.05) is 6.07 Å². The first kappa shape index (κ1) is 19.1. The molecule has 0 bridgehead atoms. The van der Waals surface area contributed by atoms with Crippen molar-refractivity contribution in [3.8, 4) is 0 Å². The molecular weight excluding hydrogens is 336 g/mol. The van der Waals surface area contributed by atoms with E-state index in [0.717, 1.165) is 0 Å². The van der Waals surface area contributed by atoms with Crippen molar-refractivity contribution in [3.63, 3.8) is 0 Å². The molecular formula is C19H20N2O5. The number of aryl methyl sites for hydroxylation is 1. The number of pyridine rings is 1. The van der Waals surface area contributed by atoms with Crippen molar-refractivity contribution in [2.75, 3.05) is 13.2 Å². The third-order valence-corrected chi connectivity index (χ3v) is 3.62. The van der Waals surface area contributed by atoms with Gasteiger partial charge in [-0.05, 0) is 44.5 Å². The van der Waals surface area contributed by atoms with Crippen LogP contribution in [0.1, 0.15) is 44.7 Å². The van der Waals surface area contributed by atoms with Crippen LogP contribution < -0.4 is 0 Å². The van der Waals surface area contributed by atoms with E-state index in [-0.39, 0.29) is 12.3 Å². The molecule has 0 spiro atoms. The lowest BCUT2D eigenvalue weighted by Gasteiger charge is -2.03. The summed E-state index contributed by atoms with van der Waals surface area (Å²) in [5, 5.41) is 0. The number of aromatic nitrogens is 2. The molecule has 26 heavy (non-hydrogen) atoms. The SMILES string of the molecule is CCOC(=O)c1c(C)[nH]c(C(=O)COC(=O)C=Cc2ccccn2)c1C. The van der Waals surface area contributed by atoms with Crippen molar-refractivity contribution in [2.45, 2.75) is 20.8 Å². The van der Waals surface area contributed by atoms with Crippen LogP contribution in [0.15, 0.2) is 30.5 Å². The second kappa shape index (κ2) is 8.75. The minimum atomic E-state index is -0.657. The van der Waals surface area contributed by atoms with Crippen LogP contribution in [0.3, 0.4) is 0 Å². The van der Waals surface area contributed by atoms with Gasteiger partial charge in [0.2, 0.25) is 5.78 Å². The maximum absolute atomic E-state index is 12.3. The number of rotatable bonds is 7. The van der Waals surface area contributed by atoms with E-state index in [0.29, 0.717) is 22.5 Å². The summed E-state index contributed by atoms with van der Waals surface area (Å²) < 4.78 is 9.94. The van der Waals surface area contributed by atoms with Crippen molar-refractivity contribution in [1.29, 1.82) is 0 Å². The first-order valence-electron chi connectivity index (χ1n) is 8.09. The average Bonchev–Trinajstić information content (AvgIpc) is 2.93. The molecule has 0 aliphatic heterocycles. The van der Waals surface area contributed by atoms with Gasteiger partial charge in [0.1, 0.15) is 0 Å². The highest BCUT2D eigenvalue weighted by Gasteiger charge is 2.23. The summed E-state index contributed by atoms with van der Waals surface area (Å²) >= 11 is 0. The van der Waals surface area contributed by atoms with Crippen LogP contribution in [0, 0.1) is 13.8 Å². The second-order valence-electron chi connectivity index (χ2n) is 5.46. The van der Waals surface area contributed by atoms with Crippen LogP contribution in [-0.4, -0.2) is 40.9 Å². The Hall–Kier alpha value is -3.22. The Morgan fingerprint density at radius 2 is 1.96 bits per heavy atom. The van der Waals surface area contributed by atoms with Gasteiger partial charge in [-0.15, -0.1) is 0 Å². The fourth-order valence-corrected chi connectivity index (χ4v) is 2.42. The Bertz CT molecular complexity index is 837. The molecule has 0 unspecified atom stereocenters. The standard InChI is InChI=1S/C19H20N2O5/c1-4-25-19(24)17-12(2)18(21-13(17)3)15(22)11-26-16(23)9-8-14-7-5-6-10-20-14/h5-10,21H,4,11H2,1-3H3. The van der Waals surface area contributed by atoms with Crippen LogP contribution in [0.2, 0.25) is 0 Å². The van der Waals surface area contributed by atoms with Gasteiger partial charge < -0.3 is 14.5 Å². The molecule has 0 radical (unpaired) electrons. The summed E-state index contributed by atoms with van der Waals surface area (Å²) in [6.07, 6.45) is 4.30. The first-order chi connectivity index (χ1) is 12.4. The topological polar surface area (TPSA) is 98.4 Å². The highest BCUT2D eigenvalue weighted by Crippen LogP contribution is 2.19. The minimum Gasteiger partial charge on any atom is -0.462 e. The number of Topliss-reactive ketones (excluding diaryl/α,β-unsaturated/α-hetero) is 1. The van der Waals surface area contributed by atoms with Gasteiger partial charge in [0.15, 0.2) is 6.61 Å². The summed E-state index contributed by atoms with van der Waals surface area (Å²) in [7, 11) is 0. The number of hydrogen-bond acceptors (Lipinski definition) is 6. The molecule has 1 N–H and O–H groups in total. The Morgan fingerprint density at radius 1 is 1.19 bits per heavy atom. The molecule has 0 saturated carbocycles. The van der Waals surface area contributed by atoms with Crippen LogP contribution in [0.4, 0.5) is 0 Å². The van der Waals surface area contributed by atoms with E-state index in [1.54, 1.807) is 45.2 Å². The maximum atomic E-state index is 12.3. The van der Waals surface area contributed by atoms with Gasteiger partial charge in [-0.2, -0.15) is 0 Å². The van der Waals surface area contributed by atoms with Crippen molar-refractivity contribution in [2.24, 2.45) is 0 Å². The molecule has 0 atom stereocenters. The van der Waals surface area contributed by atoms with Gasteiger partial charge in [-0.25, -0.2) is 9.59 Å². The van der Waals surface area contributed by atoms with Gasteiger partial charge in [0.25, 0.3) is 0 Å². The highest BCUT2D eigenvalue weighted by atomic mass is 16.5. The summed E-state index contributed by atoms with van der Waals surface area (Å²) in [5.74, 6) is -1.58. The second-order valence-corrected chi connectivity index (χ2v) is 5.46. The minimum absolute atomic E-state index is 0.229. The van der Waals surface area contributed by atoms with E-state index < -0.39 is 24.3 Å². The van der Waals surface area contributed by atoms with Crippen molar-refractivity contribution >= 4 is 23.8 Å². The molecule has 0 saturated heterocycles. The van der Waals surface area contributed by atoms with Crippen molar-refractivity contribution in [3.05, 3.63) is 58.7 Å².